The summed E-state index contributed by atoms with van der Waals surface area (Å²) in [5, 5.41) is 4.00. The summed E-state index contributed by atoms with van der Waals surface area (Å²) in [5.74, 6) is -0.696. The van der Waals surface area contributed by atoms with E-state index in [9.17, 15) is 9.59 Å². The molecule has 0 spiro atoms. The maximum atomic E-state index is 13.8. The number of Topliss-reactive ketones (excluding diaryl/α,β-unsaturated/α-hetero) is 1. The number of para-hydroxylation sites is 1. The Morgan fingerprint density at radius 3 is 2.55 bits per heavy atom. The van der Waals surface area contributed by atoms with Gasteiger partial charge >= 0.3 is 0 Å². The summed E-state index contributed by atoms with van der Waals surface area (Å²) in [6.45, 7) is 0. The number of hydrogen-bond acceptors (Lipinski definition) is 3. The summed E-state index contributed by atoms with van der Waals surface area (Å²) in [6.07, 6.45) is 5.31. The zero-order valence-corrected chi connectivity index (χ0v) is 17.9. The molecule has 4 rings (SSSR count). The molecule has 0 fully saturated rings. The Labute approximate surface area is 190 Å². The predicted molar refractivity (Wildman–Crippen MR) is 126 cm³/mol. The number of carbonyl (C=O) groups is 2. The highest BCUT2D eigenvalue weighted by Gasteiger charge is 2.24. The molecule has 6 heteroatoms. The van der Waals surface area contributed by atoms with Crippen LogP contribution in [-0.4, -0.2) is 11.7 Å². The second kappa shape index (κ2) is 8.80. The summed E-state index contributed by atoms with van der Waals surface area (Å²) < 4.78 is 0. The fourth-order valence-corrected chi connectivity index (χ4v) is 4.15. The standard InChI is InChI=1S/C25H18Cl2N2O2/c26-17-6-3-5-15(13-17)23-20(11-10-16(24(23)27)14-22(28)30)25(31)19-8-4-12-29-21-9-2-1-7-18(19)21/h1-13,29H,14H2,(H2,28,30). The molecule has 0 radical (unpaired) electrons. The molecule has 1 aliphatic rings. The summed E-state index contributed by atoms with van der Waals surface area (Å²) in [5.41, 5.74) is 9.69. The third kappa shape index (κ3) is 4.26. The van der Waals surface area contributed by atoms with Crippen LogP contribution in [-0.2, 0) is 11.2 Å². The first-order valence-electron chi connectivity index (χ1n) is 9.59. The molecule has 0 aromatic heterocycles. The molecular formula is C25H18Cl2N2O2. The number of primary amides is 1. The summed E-state index contributed by atoms with van der Waals surface area (Å²) in [7, 11) is 0. The monoisotopic (exact) mass is 448 g/mol. The number of halogens is 2. The van der Waals surface area contributed by atoms with E-state index in [4.69, 9.17) is 28.9 Å². The van der Waals surface area contributed by atoms with Crippen molar-refractivity contribution in [1.29, 1.82) is 0 Å². The van der Waals surface area contributed by atoms with Crippen LogP contribution in [0, 0.1) is 0 Å². The minimum Gasteiger partial charge on any atom is -0.369 e. The lowest BCUT2D eigenvalue weighted by molar-refractivity contribution is -0.117. The highest BCUT2D eigenvalue weighted by molar-refractivity contribution is 6.38. The number of benzene rings is 3. The van der Waals surface area contributed by atoms with Crippen LogP contribution >= 0.6 is 23.2 Å². The molecule has 0 atom stereocenters. The van der Waals surface area contributed by atoms with Gasteiger partial charge in [-0.1, -0.05) is 65.7 Å². The quantitative estimate of drug-likeness (QED) is 0.477. The van der Waals surface area contributed by atoms with E-state index in [2.05, 4.69) is 5.32 Å². The molecule has 3 aromatic rings. The second-order valence-corrected chi connectivity index (χ2v) is 7.89. The molecule has 3 N–H and O–H groups in total. The number of allylic oxidation sites excluding steroid dienone is 3. The average Bonchev–Trinajstić information content (AvgIpc) is 2.97. The van der Waals surface area contributed by atoms with Crippen LogP contribution in [0.15, 0.2) is 79.0 Å². The SMILES string of the molecule is NC(=O)Cc1ccc(C(=O)C2=CC=CNc3ccccc32)c(-c2cccc(Cl)c2)c1Cl. The van der Waals surface area contributed by atoms with Gasteiger partial charge in [0, 0.05) is 39.2 Å². The van der Waals surface area contributed by atoms with Crippen molar-refractivity contribution >= 4 is 46.2 Å². The van der Waals surface area contributed by atoms with E-state index >= 15 is 0 Å². The van der Waals surface area contributed by atoms with Crippen molar-refractivity contribution in [2.24, 2.45) is 5.73 Å². The van der Waals surface area contributed by atoms with Crippen LogP contribution in [0.3, 0.4) is 0 Å². The first-order chi connectivity index (χ1) is 15.0. The van der Waals surface area contributed by atoms with Crippen LogP contribution in [0.4, 0.5) is 5.69 Å². The third-order valence-electron chi connectivity index (χ3n) is 5.00. The van der Waals surface area contributed by atoms with E-state index in [-0.39, 0.29) is 12.2 Å². The predicted octanol–water partition coefficient (Wildman–Crippen LogP) is 5.89. The number of fused-ring (bicyclic) bond motifs is 1. The zero-order valence-electron chi connectivity index (χ0n) is 16.4. The maximum absolute atomic E-state index is 13.8. The molecule has 0 saturated heterocycles. The Hall–Kier alpha value is -3.34. The number of nitrogens with one attached hydrogen (secondary N) is 1. The first-order valence-corrected chi connectivity index (χ1v) is 10.3. The lowest BCUT2D eigenvalue weighted by atomic mass is 9.88. The van der Waals surface area contributed by atoms with Gasteiger partial charge in [0.15, 0.2) is 5.78 Å². The maximum Gasteiger partial charge on any atom is 0.221 e. The van der Waals surface area contributed by atoms with E-state index in [0.29, 0.717) is 37.9 Å². The van der Waals surface area contributed by atoms with Crippen LogP contribution in [0.2, 0.25) is 10.0 Å². The molecule has 0 saturated carbocycles. The minimum atomic E-state index is -0.505. The van der Waals surface area contributed by atoms with Gasteiger partial charge in [0.25, 0.3) is 0 Å². The minimum absolute atomic E-state index is 0.0287. The molecule has 4 nitrogen and oxygen atoms in total. The smallest absolute Gasteiger partial charge is 0.221 e. The average molecular weight is 449 g/mol. The number of carbonyl (C=O) groups excluding carboxylic acids is 2. The largest absolute Gasteiger partial charge is 0.369 e. The lowest BCUT2D eigenvalue weighted by Gasteiger charge is -2.17. The van der Waals surface area contributed by atoms with E-state index in [1.165, 1.54) is 0 Å². The topological polar surface area (TPSA) is 72.2 Å². The molecule has 0 aliphatic carbocycles. The Kier molecular flexibility index (Phi) is 5.94. The third-order valence-corrected chi connectivity index (χ3v) is 5.67. The van der Waals surface area contributed by atoms with Crippen molar-refractivity contribution in [3.8, 4) is 11.1 Å². The summed E-state index contributed by atoms with van der Waals surface area (Å²) in [6, 6.07) is 18.0. The highest BCUT2D eigenvalue weighted by Crippen LogP contribution is 2.38. The number of hydrogen-bond donors (Lipinski definition) is 2. The molecule has 0 unspecified atom stereocenters. The van der Waals surface area contributed by atoms with Crippen molar-refractivity contribution in [3.05, 3.63) is 106 Å². The van der Waals surface area contributed by atoms with Crippen molar-refractivity contribution in [2.45, 2.75) is 6.42 Å². The van der Waals surface area contributed by atoms with Crippen LogP contribution in [0.1, 0.15) is 21.5 Å². The number of nitrogens with two attached hydrogens (primary N) is 1. The van der Waals surface area contributed by atoms with Crippen molar-refractivity contribution < 1.29 is 9.59 Å². The highest BCUT2D eigenvalue weighted by atomic mass is 35.5. The molecular weight excluding hydrogens is 431 g/mol. The second-order valence-electron chi connectivity index (χ2n) is 7.07. The fraction of sp³-hybridized carbons (Fsp3) is 0.0400. The molecule has 31 heavy (non-hydrogen) atoms. The number of anilines is 1. The summed E-state index contributed by atoms with van der Waals surface area (Å²) >= 11 is 12.9. The van der Waals surface area contributed by atoms with Gasteiger partial charge < -0.3 is 11.1 Å². The van der Waals surface area contributed by atoms with Gasteiger partial charge in [-0.2, -0.15) is 0 Å². The molecule has 1 amide bonds. The number of amides is 1. The molecule has 1 heterocycles. The van der Waals surface area contributed by atoms with E-state index in [0.717, 1.165) is 11.3 Å². The van der Waals surface area contributed by atoms with Gasteiger partial charge in [-0.3, -0.25) is 9.59 Å². The van der Waals surface area contributed by atoms with Crippen molar-refractivity contribution in [1.82, 2.24) is 0 Å². The van der Waals surface area contributed by atoms with Crippen LogP contribution < -0.4 is 11.1 Å². The molecule has 3 aromatic carbocycles. The summed E-state index contributed by atoms with van der Waals surface area (Å²) in [4.78, 5) is 25.3. The van der Waals surface area contributed by atoms with Crippen LogP contribution in [0.25, 0.3) is 16.7 Å². The lowest BCUT2D eigenvalue weighted by Crippen LogP contribution is -2.15. The molecule has 1 aliphatic heterocycles. The number of ketones is 1. The molecule has 154 valence electrons. The van der Waals surface area contributed by atoms with Gasteiger partial charge in [-0.25, -0.2) is 0 Å². The Bertz CT molecular complexity index is 1260. The van der Waals surface area contributed by atoms with Gasteiger partial charge in [0.1, 0.15) is 0 Å². The Morgan fingerprint density at radius 2 is 1.77 bits per heavy atom. The first kappa shape index (κ1) is 20.9. The van der Waals surface area contributed by atoms with Gasteiger partial charge in [-0.05, 0) is 41.5 Å². The number of rotatable bonds is 5. The van der Waals surface area contributed by atoms with Gasteiger partial charge in [0.05, 0.1) is 11.4 Å². The van der Waals surface area contributed by atoms with E-state index < -0.39 is 5.91 Å². The Balaban J connectivity index is 1.92. The zero-order chi connectivity index (χ0) is 22.0. The van der Waals surface area contributed by atoms with Crippen molar-refractivity contribution in [2.75, 3.05) is 5.32 Å². The van der Waals surface area contributed by atoms with Crippen molar-refractivity contribution in [3.63, 3.8) is 0 Å². The normalized spacial score (nSPS) is 12.4. The molecule has 0 bridgehead atoms. The van der Waals surface area contributed by atoms with E-state index in [1.807, 2.05) is 30.3 Å². The van der Waals surface area contributed by atoms with E-state index in [1.54, 1.807) is 48.7 Å². The Morgan fingerprint density at radius 1 is 0.968 bits per heavy atom. The van der Waals surface area contributed by atoms with Gasteiger partial charge in [0.2, 0.25) is 5.91 Å². The van der Waals surface area contributed by atoms with Crippen LogP contribution in [0.5, 0.6) is 0 Å². The van der Waals surface area contributed by atoms with Gasteiger partial charge in [-0.15, -0.1) is 0 Å². The fourth-order valence-electron chi connectivity index (χ4n) is 3.62.